The Balaban J connectivity index is 1.40. The van der Waals surface area contributed by atoms with Gasteiger partial charge in [-0.3, -0.25) is 9.59 Å². The van der Waals surface area contributed by atoms with Crippen LogP contribution in [0, 0.1) is 11.8 Å². The van der Waals surface area contributed by atoms with Crippen molar-refractivity contribution in [1.82, 2.24) is 9.80 Å². The molecule has 3 rings (SSSR count). The summed E-state index contributed by atoms with van der Waals surface area (Å²) in [4.78, 5) is 28.5. The van der Waals surface area contributed by atoms with E-state index in [0.29, 0.717) is 44.9 Å². The average Bonchev–Trinajstić information content (AvgIpc) is 3.00. The second-order valence-electron chi connectivity index (χ2n) is 7.85. The van der Waals surface area contributed by atoms with Crippen LogP contribution >= 0.6 is 0 Å². The van der Waals surface area contributed by atoms with Crippen molar-refractivity contribution in [2.45, 2.75) is 51.4 Å². The largest absolute Gasteiger partial charge is 0.339 e. The van der Waals surface area contributed by atoms with Gasteiger partial charge in [-0.2, -0.15) is 0 Å². The molecule has 2 aliphatic heterocycles. The van der Waals surface area contributed by atoms with Gasteiger partial charge in [0, 0.05) is 32.6 Å². The van der Waals surface area contributed by atoms with Gasteiger partial charge in [0.1, 0.15) is 0 Å². The summed E-state index contributed by atoms with van der Waals surface area (Å²) in [6.45, 7) is 2.22. The lowest BCUT2D eigenvalue weighted by Gasteiger charge is -2.36. The topological polar surface area (TPSA) is 74.8 Å². The van der Waals surface area contributed by atoms with Gasteiger partial charge >= 0.3 is 0 Å². The first kappa shape index (κ1) is 18.7. The van der Waals surface area contributed by atoms with Gasteiger partial charge in [-0.1, -0.05) is 32.1 Å². The lowest BCUT2D eigenvalue weighted by Crippen LogP contribution is -2.52. The summed E-state index contributed by atoms with van der Waals surface area (Å²) < 4.78 is 23.1. The number of carbonyl (C=O) groups is 2. The van der Waals surface area contributed by atoms with Crippen LogP contribution in [0.5, 0.6) is 0 Å². The van der Waals surface area contributed by atoms with Gasteiger partial charge in [-0.05, 0) is 18.8 Å². The summed E-state index contributed by atoms with van der Waals surface area (Å²) in [5.41, 5.74) is 0. The van der Waals surface area contributed by atoms with Gasteiger partial charge in [0.2, 0.25) is 11.8 Å². The number of nitrogens with zero attached hydrogens (tertiary/aromatic N) is 2. The van der Waals surface area contributed by atoms with Gasteiger partial charge in [0.15, 0.2) is 9.84 Å². The number of amides is 2. The second-order valence-corrected chi connectivity index (χ2v) is 10.1. The summed E-state index contributed by atoms with van der Waals surface area (Å²) in [6, 6.07) is 0. The molecule has 3 fully saturated rings. The van der Waals surface area contributed by atoms with Gasteiger partial charge < -0.3 is 9.80 Å². The van der Waals surface area contributed by atoms with Crippen LogP contribution < -0.4 is 0 Å². The average molecular weight is 371 g/mol. The molecular formula is C18H30N2O4S. The molecule has 6 nitrogen and oxygen atoms in total. The van der Waals surface area contributed by atoms with Crippen LogP contribution in [0.15, 0.2) is 0 Å². The highest BCUT2D eigenvalue weighted by molar-refractivity contribution is 7.91. The van der Waals surface area contributed by atoms with Crippen molar-refractivity contribution in [2.24, 2.45) is 11.8 Å². The third-order valence-corrected chi connectivity index (χ3v) is 7.78. The van der Waals surface area contributed by atoms with Crippen molar-refractivity contribution >= 4 is 21.7 Å². The molecule has 0 aromatic heterocycles. The second kappa shape index (κ2) is 8.06. The third kappa shape index (κ3) is 4.96. The van der Waals surface area contributed by atoms with E-state index < -0.39 is 9.84 Å². The summed E-state index contributed by atoms with van der Waals surface area (Å²) in [5.74, 6) is 0.620. The van der Waals surface area contributed by atoms with E-state index in [2.05, 4.69) is 0 Å². The first-order chi connectivity index (χ1) is 11.9. The van der Waals surface area contributed by atoms with Crippen molar-refractivity contribution in [3.8, 4) is 0 Å². The fourth-order valence-corrected chi connectivity index (χ4v) is 6.12. The minimum Gasteiger partial charge on any atom is -0.339 e. The predicted octanol–water partition coefficient (Wildman–Crippen LogP) is 1.45. The molecular weight excluding hydrogens is 340 g/mol. The molecule has 7 heteroatoms. The van der Waals surface area contributed by atoms with Crippen molar-refractivity contribution in [2.75, 3.05) is 37.7 Å². The van der Waals surface area contributed by atoms with Crippen LogP contribution in [0.25, 0.3) is 0 Å². The number of sulfone groups is 1. The smallest absolute Gasteiger partial charge is 0.226 e. The summed E-state index contributed by atoms with van der Waals surface area (Å²) in [5, 5.41) is 0. The van der Waals surface area contributed by atoms with Crippen molar-refractivity contribution < 1.29 is 18.0 Å². The molecule has 3 aliphatic rings. The maximum atomic E-state index is 12.5. The van der Waals surface area contributed by atoms with E-state index >= 15 is 0 Å². The highest BCUT2D eigenvalue weighted by Crippen LogP contribution is 2.27. The number of carbonyl (C=O) groups excluding carboxylic acids is 2. The Morgan fingerprint density at radius 1 is 0.880 bits per heavy atom. The highest BCUT2D eigenvalue weighted by atomic mass is 32.2. The maximum Gasteiger partial charge on any atom is 0.226 e. The maximum absolute atomic E-state index is 12.5. The standard InChI is InChI=1S/C18H30N2O4S/c21-17(7-6-15-4-2-1-3-5-15)19-9-11-20(12-10-19)18(22)16-8-13-25(23,24)14-16/h15-16H,1-14H2. The van der Waals surface area contributed by atoms with Gasteiger partial charge in [0.25, 0.3) is 0 Å². The number of piperazine rings is 1. The molecule has 0 spiro atoms. The van der Waals surface area contributed by atoms with E-state index in [0.717, 1.165) is 6.42 Å². The quantitative estimate of drug-likeness (QED) is 0.751. The minimum absolute atomic E-state index is 0.00757. The molecule has 2 amide bonds. The fourth-order valence-electron chi connectivity index (χ4n) is 4.39. The SMILES string of the molecule is O=C(CCC1CCCCC1)N1CCN(C(=O)C2CCS(=O)(=O)C2)CC1. The van der Waals surface area contributed by atoms with Crippen molar-refractivity contribution in [3.63, 3.8) is 0 Å². The van der Waals surface area contributed by atoms with Gasteiger partial charge in [-0.15, -0.1) is 0 Å². The zero-order valence-corrected chi connectivity index (χ0v) is 15.8. The predicted molar refractivity (Wildman–Crippen MR) is 95.7 cm³/mol. The third-order valence-electron chi connectivity index (χ3n) is 6.02. The molecule has 25 heavy (non-hydrogen) atoms. The Bertz CT molecular complexity index is 590. The van der Waals surface area contributed by atoms with E-state index in [1.54, 1.807) is 4.90 Å². The van der Waals surface area contributed by atoms with Gasteiger partial charge in [0.05, 0.1) is 17.4 Å². The highest BCUT2D eigenvalue weighted by Gasteiger charge is 2.36. The number of hydrogen-bond acceptors (Lipinski definition) is 4. The first-order valence-corrected chi connectivity index (χ1v) is 11.5. The molecule has 0 N–H and O–H groups in total. The van der Waals surface area contributed by atoms with E-state index in [9.17, 15) is 18.0 Å². The first-order valence-electron chi connectivity index (χ1n) is 9.71. The lowest BCUT2D eigenvalue weighted by atomic mass is 9.86. The molecule has 2 saturated heterocycles. The molecule has 0 aromatic rings. The number of hydrogen-bond donors (Lipinski definition) is 0. The Morgan fingerprint density at radius 2 is 1.52 bits per heavy atom. The summed E-state index contributed by atoms with van der Waals surface area (Å²) in [7, 11) is -3.03. The van der Waals surface area contributed by atoms with Gasteiger partial charge in [-0.25, -0.2) is 8.42 Å². The zero-order valence-electron chi connectivity index (χ0n) is 15.0. The Hall–Kier alpha value is -1.11. The molecule has 0 bridgehead atoms. The van der Waals surface area contributed by atoms with Crippen molar-refractivity contribution in [3.05, 3.63) is 0 Å². The molecule has 1 saturated carbocycles. The van der Waals surface area contributed by atoms with E-state index in [1.807, 2.05) is 4.90 Å². The molecule has 1 atom stereocenters. The molecule has 1 aliphatic carbocycles. The summed E-state index contributed by atoms with van der Waals surface area (Å²) in [6.07, 6.45) is 8.54. The van der Waals surface area contributed by atoms with Crippen LogP contribution in [0.1, 0.15) is 51.4 Å². The lowest BCUT2D eigenvalue weighted by molar-refractivity contribution is -0.141. The van der Waals surface area contributed by atoms with E-state index in [-0.39, 0.29) is 29.2 Å². The van der Waals surface area contributed by atoms with Crippen LogP contribution in [-0.2, 0) is 19.4 Å². The molecule has 1 unspecified atom stereocenters. The summed E-state index contributed by atoms with van der Waals surface area (Å²) >= 11 is 0. The zero-order chi connectivity index (χ0) is 17.9. The minimum atomic E-state index is -3.03. The van der Waals surface area contributed by atoms with Crippen LogP contribution in [0.4, 0.5) is 0 Å². The Kier molecular flexibility index (Phi) is 6.02. The normalized spacial score (nSPS) is 27.4. The number of rotatable bonds is 4. The Morgan fingerprint density at radius 3 is 2.12 bits per heavy atom. The van der Waals surface area contributed by atoms with Crippen LogP contribution in [-0.4, -0.2) is 67.7 Å². The van der Waals surface area contributed by atoms with E-state index in [4.69, 9.17) is 0 Å². The molecule has 0 radical (unpaired) electrons. The molecule has 0 aromatic carbocycles. The van der Waals surface area contributed by atoms with Crippen LogP contribution in [0.3, 0.4) is 0 Å². The molecule has 142 valence electrons. The molecule has 2 heterocycles. The monoisotopic (exact) mass is 370 g/mol. The van der Waals surface area contributed by atoms with Crippen LogP contribution in [0.2, 0.25) is 0 Å². The Labute approximate surface area is 150 Å². The van der Waals surface area contributed by atoms with E-state index in [1.165, 1.54) is 32.1 Å². The van der Waals surface area contributed by atoms with Crippen molar-refractivity contribution in [1.29, 1.82) is 0 Å². The fraction of sp³-hybridized carbons (Fsp3) is 0.889.